The lowest BCUT2D eigenvalue weighted by Gasteiger charge is -2.13. The number of aromatic nitrogens is 3. The quantitative estimate of drug-likeness (QED) is 0.821. The first-order valence-corrected chi connectivity index (χ1v) is 7.18. The molecule has 6 heteroatoms. The number of carbonyl (C=O) groups excluding carboxylic acids is 1. The maximum atomic E-state index is 12.3. The summed E-state index contributed by atoms with van der Waals surface area (Å²) in [6.45, 7) is 1.05. The second-order valence-corrected chi connectivity index (χ2v) is 5.46. The highest BCUT2D eigenvalue weighted by molar-refractivity contribution is 5.95. The molecule has 2 aromatic rings. The number of hydrogen-bond donors (Lipinski definition) is 2. The summed E-state index contributed by atoms with van der Waals surface area (Å²) in [4.78, 5) is 16.2. The molecule has 1 aromatic heterocycles. The predicted molar refractivity (Wildman–Crippen MR) is 78.6 cm³/mol. The van der Waals surface area contributed by atoms with E-state index in [4.69, 9.17) is 5.73 Å². The van der Waals surface area contributed by atoms with Crippen molar-refractivity contribution < 1.29 is 4.79 Å². The minimum atomic E-state index is -0.0817. The molecule has 21 heavy (non-hydrogen) atoms. The molecule has 1 aliphatic rings. The highest BCUT2D eigenvalue weighted by Crippen LogP contribution is 2.31. The summed E-state index contributed by atoms with van der Waals surface area (Å²) >= 11 is 0. The lowest BCUT2D eigenvalue weighted by atomic mass is 10.1. The number of nitrogens with zero attached hydrogens (tertiary/aromatic N) is 3. The van der Waals surface area contributed by atoms with Crippen molar-refractivity contribution in [1.82, 2.24) is 20.1 Å². The van der Waals surface area contributed by atoms with Crippen LogP contribution < -0.4 is 11.1 Å². The molecule has 1 heterocycles. The van der Waals surface area contributed by atoms with Gasteiger partial charge in [-0.05, 0) is 30.4 Å². The molecule has 0 aliphatic heterocycles. The Bertz CT molecular complexity index is 606. The fraction of sp³-hybridized carbons (Fsp3) is 0.400. The van der Waals surface area contributed by atoms with Crippen molar-refractivity contribution in [3.8, 4) is 0 Å². The Balaban J connectivity index is 1.67. The van der Waals surface area contributed by atoms with E-state index >= 15 is 0 Å². The van der Waals surface area contributed by atoms with Gasteiger partial charge in [-0.3, -0.25) is 4.79 Å². The van der Waals surface area contributed by atoms with Gasteiger partial charge in [0.25, 0.3) is 5.91 Å². The molecule has 3 rings (SSSR count). The van der Waals surface area contributed by atoms with Crippen molar-refractivity contribution in [2.45, 2.75) is 25.4 Å². The Hall–Kier alpha value is -2.21. The highest BCUT2D eigenvalue weighted by atomic mass is 16.1. The zero-order valence-corrected chi connectivity index (χ0v) is 11.8. The summed E-state index contributed by atoms with van der Waals surface area (Å²) in [7, 11) is 0. The van der Waals surface area contributed by atoms with Gasteiger partial charge in [0, 0.05) is 18.2 Å². The molecule has 1 fully saturated rings. The molecule has 110 valence electrons. The van der Waals surface area contributed by atoms with Crippen LogP contribution in [0.15, 0.2) is 36.9 Å². The van der Waals surface area contributed by atoms with Crippen LogP contribution in [0.2, 0.25) is 0 Å². The Labute approximate surface area is 123 Å². The van der Waals surface area contributed by atoms with Crippen molar-refractivity contribution in [3.05, 3.63) is 48.0 Å². The van der Waals surface area contributed by atoms with E-state index in [2.05, 4.69) is 15.4 Å². The van der Waals surface area contributed by atoms with Crippen molar-refractivity contribution in [2.75, 3.05) is 6.54 Å². The molecule has 0 bridgehead atoms. The van der Waals surface area contributed by atoms with Gasteiger partial charge in [0.15, 0.2) is 0 Å². The van der Waals surface area contributed by atoms with Crippen molar-refractivity contribution in [2.24, 2.45) is 11.7 Å². The molecule has 1 aromatic carbocycles. The van der Waals surface area contributed by atoms with E-state index in [9.17, 15) is 4.79 Å². The summed E-state index contributed by atoms with van der Waals surface area (Å²) in [5.41, 5.74) is 7.60. The van der Waals surface area contributed by atoms with E-state index in [0.29, 0.717) is 24.6 Å². The van der Waals surface area contributed by atoms with Crippen LogP contribution in [0.4, 0.5) is 0 Å². The van der Waals surface area contributed by atoms with Crippen molar-refractivity contribution >= 4 is 5.91 Å². The van der Waals surface area contributed by atoms with Crippen molar-refractivity contribution in [1.29, 1.82) is 0 Å². The van der Waals surface area contributed by atoms with Crippen LogP contribution in [0, 0.1) is 5.92 Å². The third kappa shape index (κ3) is 3.46. The molecule has 1 unspecified atom stereocenters. The average Bonchev–Trinajstić information content (AvgIpc) is 3.23. The van der Waals surface area contributed by atoms with Gasteiger partial charge < -0.3 is 11.1 Å². The van der Waals surface area contributed by atoms with Gasteiger partial charge >= 0.3 is 0 Å². The summed E-state index contributed by atoms with van der Waals surface area (Å²) in [5, 5.41) is 7.00. The predicted octanol–water partition coefficient (Wildman–Crippen LogP) is 0.793. The van der Waals surface area contributed by atoms with Gasteiger partial charge in [0.2, 0.25) is 0 Å². The fourth-order valence-corrected chi connectivity index (χ4v) is 2.37. The van der Waals surface area contributed by atoms with Crippen molar-refractivity contribution in [3.63, 3.8) is 0 Å². The number of hydrogen-bond acceptors (Lipinski definition) is 4. The normalized spacial score (nSPS) is 15.7. The molecule has 0 radical (unpaired) electrons. The van der Waals surface area contributed by atoms with Crippen LogP contribution in [-0.2, 0) is 6.54 Å². The summed E-state index contributed by atoms with van der Waals surface area (Å²) in [6, 6.07) is 7.60. The zero-order valence-electron chi connectivity index (χ0n) is 11.8. The van der Waals surface area contributed by atoms with Gasteiger partial charge in [-0.1, -0.05) is 18.2 Å². The Morgan fingerprint density at radius 1 is 1.43 bits per heavy atom. The van der Waals surface area contributed by atoms with Gasteiger partial charge in [0.1, 0.15) is 12.7 Å². The SMILES string of the molecule is NC(CNC(=O)c1ccccc1Cn1cncn1)C1CC1. The molecule has 1 saturated carbocycles. The first kappa shape index (κ1) is 13.8. The largest absolute Gasteiger partial charge is 0.350 e. The van der Waals surface area contributed by atoms with E-state index in [0.717, 1.165) is 5.56 Å². The van der Waals surface area contributed by atoms with Gasteiger partial charge in [-0.25, -0.2) is 9.67 Å². The Morgan fingerprint density at radius 3 is 2.95 bits per heavy atom. The van der Waals surface area contributed by atoms with Crippen LogP contribution in [0.3, 0.4) is 0 Å². The molecule has 0 spiro atoms. The first-order valence-electron chi connectivity index (χ1n) is 7.18. The molecule has 1 atom stereocenters. The summed E-state index contributed by atoms with van der Waals surface area (Å²) in [5.74, 6) is 0.498. The van der Waals surface area contributed by atoms with E-state index in [1.165, 1.54) is 19.2 Å². The van der Waals surface area contributed by atoms with E-state index in [1.807, 2.05) is 24.3 Å². The monoisotopic (exact) mass is 285 g/mol. The van der Waals surface area contributed by atoms with Crippen LogP contribution >= 0.6 is 0 Å². The fourth-order valence-electron chi connectivity index (χ4n) is 2.37. The molecular formula is C15H19N5O. The summed E-state index contributed by atoms with van der Waals surface area (Å²) in [6.07, 6.45) is 5.48. The van der Waals surface area contributed by atoms with Gasteiger partial charge in [-0.2, -0.15) is 5.10 Å². The molecule has 6 nitrogen and oxygen atoms in total. The highest BCUT2D eigenvalue weighted by Gasteiger charge is 2.28. The maximum Gasteiger partial charge on any atom is 0.251 e. The second-order valence-electron chi connectivity index (χ2n) is 5.46. The molecule has 1 amide bonds. The lowest BCUT2D eigenvalue weighted by molar-refractivity contribution is 0.0949. The summed E-state index contributed by atoms with van der Waals surface area (Å²) < 4.78 is 1.70. The van der Waals surface area contributed by atoms with Gasteiger partial charge in [0.05, 0.1) is 6.54 Å². The number of nitrogens with one attached hydrogen (secondary N) is 1. The minimum Gasteiger partial charge on any atom is -0.350 e. The third-order valence-corrected chi connectivity index (χ3v) is 3.79. The van der Waals surface area contributed by atoms with Crippen LogP contribution in [-0.4, -0.2) is 33.3 Å². The van der Waals surface area contributed by atoms with E-state index < -0.39 is 0 Å². The molecule has 3 N–H and O–H groups in total. The molecule has 1 aliphatic carbocycles. The number of carbonyl (C=O) groups is 1. The lowest BCUT2D eigenvalue weighted by Crippen LogP contribution is -2.38. The Kier molecular flexibility index (Phi) is 3.96. The second kappa shape index (κ2) is 6.05. The molecule has 0 saturated heterocycles. The first-order chi connectivity index (χ1) is 10.2. The standard InChI is InChI=1S/C15H19N5O/c16-14(11-5-6-11)7-18-15(21)13-4-2-1-3-12(13)8-20-10-17-9-19-20/h1-4,9-11,14H,5-8,16H2,(H,18,21). The average molecular weight is 285 g/mol. The topological polar surface area (TPSA) is 85.8 Å². The smallest absolute Gasteiger partial charge is 0.251 e. The molecular weight excluding hydrogens is 266 g/mol. The number of rotatable bonds is 6. The number of benzene rings is 1. The van der Waals surface area contributed by atoms with E-state index in [-0.39, 0.29) is 11.9 Å². The Morgan fingerprint density at radius 2 is 2.24 bits per heavy atom. The van der Waals surface area contributed by atoms with E-state index in [1.54, 1.807) is 11.0 Å². The van der Waals surface area contributed by atoms with Crippen LogP contribution in [0.5, 0.6) is 0 Å². The van der Waals surface area contributed by atoms with Crippen LogP contribution in [0.1, 0.15) is 28.8 Å². The zero-order chi connectivity index (χ0) is 14.7. The van der Waals surface area contributed by atoms with Gasteiger partial charge in [-0.15, -0.1) is 0 Å². The maximum absolute atomic E-state index is 12.3. The van der Waals surface area contributed by atoms with Crippen LogP contribution in [0.25, 0.3) is 0 Å². The number of amides is 1. The number of nitrogens with two attached hydrogens (primary N) is 1. The minimum absolute atomic E-state index is 0.0661. The third-order valence-electron chi connectivity index (χ3n) is 3.79.